The van der Waals surface area contributed by atoms with Crippen molar-refractivity contribution >= 4 is 34.6 Å². The Balaban J connectivity index is 1.59. The third-order valence-corrected chi connectivity index (χ3v) is 3.79. The van der Waals surface area contributed by atoms with Crippen LogP contribution in [0.2, 0.25) is 0 Å². The molecule has 3 amide bonds. The molecule has 1 heterocycles. The molecular formula is C20H18N2O6. The minimum absolute atomic E-state index is 0.0374. The van der Waals surface area contributed by atoms with Gasteiger partial charge in [0.05, 0.1) is 6.61 Å². The zero-order chi connectivity index (χ0) is 19.9. The van der Waals surface area contributed by atoms with Gasteiger partial charge in [-0.3, -0.25) is 10.1 Å². The van der Waals surface area contributed by atoms with Crippen LogP contribution in [0.15, 0.2) is 59.0 Å². The largest absolute Gasteiger partial charge is 0.450 e. The van der Waals surface area contributed by atoms with Crippen LogP contribution < -0.4 is 10.6 Å². The van der Waals surface area contributed by atoms with E-state index in [0.29, 0.717) is 16.8 Å². The van der Waals surface area contributed by atoms with E-state index in [0.717, 1.165) is 5.39 Å². The van der Waals surface area contributed by atoms with Gasteiger partial charge in [-0.05, 0) is 18.2 Å². The number of urea groups is 1. The van der Waals surface area contributed by atoms with Crippen LogP contribution in [0.4, 0.5) is 10.5 Å². The van der Waals surface area contributed by atoms with Crippen LogP contribution in [0.5, 0.6) is 0 Å². The maximum absolute atomic E-state index is 12.3. The van der Waals surface area contributed by atoms with Crippen molar-refractivity contribution in [2.24, 2.45) is 0 Å². The quantitative estimate of drug-likeness (QED) is 0.635. The molecule has 3 aromatic rings. The molecule has 28 heavy (non-hydrogen) atoms. The van der Waals surface area contributed by atoms with Crippen molar-refractivity contribution in [3.05, 3.63) is 65.9 Å². The number of imide groups is 1. The number of esters is 1. The first-order valence-corrected chi connectivity index (χ1v) is 8.41. The highest BCUT2D eigenvalue weighted by Gasteiger charge is 2.22. The summed E-state index contributed by atoms with van der Waals surface area (Å²) in [4.78, 5) is 36.0. The maximum atomic E-state index is 12.3. The average Bonchev–Trinajstić information content (AvgIpc) is 3.06. The van der Waals surface area contributed by atoms with Gasteiger partial charge in [0.15, 0.2) is 6.61 Å². The molecule has 0 unspecified atom stereocenters. The highest BCUT2D eigenvalue weighted by Crippen LogP contribution is 2.27. The van der Waals surface area contributed by atoms with E-state index in [2.05, 4.69) is 10.6 Å². The van der Waals surface area contributed by atoms with Gasteiger partial charge < -0.3 is 19.2 Å². The summed E-state index contributed by atoms with van der Waals surface area (Å²) in [5.74, 6) is -1.63. The summed E-state index contributed by atoms with van der Waals surface area (Å²) in [6.45, 7) is -0.488. The molecule has 0 aliphatic rings. The summed E-state index contributed by atoms with van der Waals surface area (Å²) < 4.78 is 15.6. The van der Waals surface area contributed by atoms with Crippen molar-refractivity contribution in [1.29, 1.82) is 0 Å². The van der Waals surface area contributed by atoms with Crippen LogP contribution in [0.3, 0.4) is 0 Å². The van der Waals surface area contributed by atoms with Gasteiger partial charge in [-0.2, -0.15) is 0 Å². The van der Waals surface area contributed by atoms with Gasteiger partial charge in [0.2, 0.25) is 5.76 Å². The number of nitrogens with one attached hydrogen (secondary N) is 2. The van der Waals surface area contributed by atoms with E-state index in [1.54, 1.807) is 48.5 Å². The minimum Gasteiger partial charge on any atom is -0.450 e. The van der Waals surface area contributed by atoms with Gasteiger partial charge in [0, 0.05) is 23.7 Å². The van der Waals surface area contributed by atoms with Crippen molar-refractivity contribution in [2.45, 2.75) is 6.61 Å². The second kappa shape index (κ2) is 8.83. The molecule has 0 saturated carbocycles. The Bertz CT molecular complexity index is 996. The van der Waals surface area contributed by atoms with Gasteiger partial charge >= 0.3 is 12.0 Å². The van der Waals surface area contributed by atoms with E-state index in [9.17, 15) is 14.4 Å². The molecular weight excluding hydrogens is 364 g/mol. The van der Waals surface area contributed by atoms with Gasteiger partial charge in [-0.25, -0.2) is 9.59 Å². The predicted molar refractivity (Wildman–Crippen MR) is 101 cm³/mol. The molecule has 0 spiro atoms. The third-order valence-electron chi connectivity index (χ3n) is 3.79. The molecule has 8 nitrogen and oxygen atoms in total. The molecule has 0 bridgehead atoms. The Morgan fingerprint density at radius 1 is 1.00 bits per heavy atom. The van der Waals surface area contributed by atoms with Crippen molar-refractivity contribution in [2.75, 3.05) is 19.0 Å². The van der Waals surface area contributed by atoms with Gasteiger partial charge in [0.1, 0.15) is 5.58 Å². The number of furan rings is 1. The maximum Gasteiger partial charge on any atom is 0.375 e. The molecule has 1 aromatic heterocycles. The van der Waals surface area contributed by atoms with Crippen LogP contribution in [-0.2, 0) is 20.9 Å². The van der Waals surface area contributed by atoms with Crippen LogP contribution in [0, 0.1) is 0 Å². The lowest BCUT2D eigenvalue weighted by molar-refractivity contribution is -0.123. The molecule has 3 rings (SSSR count). The molecule has 0 aliphatic carbocycles. The molecule has 8 heteroatoms. The predicted octanol–water partition coefficient (Wildman–Crippen LogP) is 3.08. The molecule has 0 fully saturated rings. The highest BCUT2D eigenvalue weighted by atomic mass is 16.5. The Labute approximate surface area is 160 Å². The number of benzene rings is 2. The number of carbonyl (C=O) groups is 3. The van der Waals surface area contributed by atoms with Crippen molar-refractivity contribution in [3.8, 4) is 0 Å². The minimum atomic E-state index is -0.818. The summed E-state index contributed by atoms with van der Waals surface area (Å²) in [7, 11) is 1.50. The Kier molecular flexibility index (Phi) is 6.03. The van der Waals surface area contributed by atoms with E-state index in [1.165, 1.54) is 7.11 Å². The second-order valence-electron chi connectivity index (χ2n) is 5.78. The van der Waals surface area contributed by atoms with Crippen molar-refractivity contribution < 1.29 is 28.3 Å². The zero-order valence-corrected chi connectivity index (χ0v) is 15.1. The van der Waals surface area contributed by atoms with E-state index < -0.39 is 24.5 Å². The third kappa shape index (κ3) is 4.54. The van der Waals surface area contributed by atoms with Gasteiger partial charge in [-0.1, -0.05) is 36.4 Å². The summed E-state index contributed by atoms with van der Waals surface area (Å²) in [5.41, 5.74) is 1.56. The Hall–Kier alpha value is -3.65. The first-order valence-electron chi connectivity index (χ1n) is 8.41. The van der Waals surface area contributed by atoms with Crippen LogP contribution in [0.25, 0.3) is 11.0 Å². The monoisotopic (exact) mass is 382 g/mol. The number of hydrogen-bond acceptors (Lipinski definition) is 6. The number of anilines is 1. The summed E-state index contributed by atoms with van der Waals surface area (Å²) in [6.07, 6.45) is 0. The van der Waals surface area contributed by atoms with Gasteiger partial charge in [-0.15, -0.1) is 0 Å². The number of methoxy groups -OCH3 is 1. The summed E-state index contributed by atoms with van der Waals surface area (Å²) in [5, 5.41) is 5.29. The number of fused-ring (bicyclic) bond motifs is 1. The molecule has 2 N–H and O–H groups in total. The van der Waals surface area contributed by atoms with Crippen molar-refractivity contribution in [3.63, 3.8) is 0 Å². The number of amides is 3. The summed E-state index contributed by atoms with van der Waals surface area (Å²) in [6, 6.07) is 15.0. The first-order chi connectivity index (χ1) is 13.6. The first kappa shape index (κ1) is 19.1. The number of hydrogen-bond donors (Lipinski definition) is 2. The molecule has 0 aliphatic heterocycles. The smallest absolute Gasteiger partial charge is 0.375 e. The van der Waals surface area contributed by atoms with Crippen LogP contribution >= 0.6 is 0 Å². The molecule has 144 valence electrons. The number of ether oxygens (including phenoxy) is 2. The van der Waals surface area contributed by atoms with E-state index in [-0.39, 0.29) is 12.4 Å². The van der Waals surface area contributed by atoms with E-state index >= 15 is 0 Å². The fraction of sp³-hybridized carbons (Fsp3) is 0.150. The molecule has 0 saturated heterocycles. The number of rotatable bonds is 6. The second-order valence-corrected chi connectivity index (χ2v) is 5.78. The van der Waals surface area contributed by atoms with E-state index in [1.807, 2.05) is 6.07 Å². The standard InChI is InChI=1S/C20H18N2O6/c1-26-11-15-14-9-5-6-10-16(14)28-18(15)19(24)27-12-17(23)22-20(25)21-13-7-3-2-4-8-13/h2-10H,11-12H2,1H3,(H2,21,22,23,25). The van der Waals surface area contributed by atoms with E-state index in [4.69, 9.17) is 13.9 Å². The number of carbonyl (C=O) groups excluding carboxylic acids is 3. The highest BCUT2D eigenvalue weighted by molar-refractivity contribution is 6.02. The molecule has 0 atom stereocenters. The van der Waals surface area contributed by atoms with Gasteiger partial charge in [0.25, 0.3) is 5.91 Å². The lowest BCUT2D eigenvalue weighted by Crippen LogP contribution is -2.37. The SMILES string of the molecule is COCc1c(C(=O)OCC(=O)NC(=O)Nc2ccccc2)oc2ccccc12. The summed E-state index contributed by atoms with van der Waals surface area (Å²) >= 11 is 0. The lowest BCUT2D eigenvalue weighted by Gasteiger charge is -2.07. The average molecular weight is 382 g/mol. The normalized spacial score (nSPS) is 10.5. The van der Waals surface area contributed by atoms with Crippen molar-refractivity contribution in [1.82, 2.24) is 5.32 Å². The Morgan fingerprint density at radius 2 is 1.71 bits per heavy atom. The molecule has 0 radical (unpaired) electrons. The number of para-hydroxylation sites is 2. The zero-order valence-electron chi connectivity index (χ0n) is 15.1. The topological polar surface area (TPSA) is 107 Å². The molecule has 2 aromatic carbocycles. The fourth-order valence-corrected chi connectivity index (χ4v) is 2.59. The van der Waals surface area contributed by atoms with Crippen LogP contribution in [-0.4, -0.2) is 31.6 Å². The lowest BCUT2D eigenvalue weighted by atomic mass is 10.1. The fourth-order valence-electron chi connectivity index (χ4n) is 2.59. The Morgan fingerprint density at radius 3 is 2.46 bits per heavy atom. The van der Waals surface area contributed by atoms with Crippen LogP contribution in [0.1, 0.15) is 16.1 Å².